The highest BCUT2D eigenvalue weighted by molar-refractivity contribution is 7.99. The summed E-state index contributed by atoms with van der Waals surface area (Å²) in [6, 6.07) is 11.9. The van der Waals surface area contributed by atoms with Crippen LogP contribution in [0.1, 0.15) is 0 Å². The summed E-state index contributed by atoms with van der Waals surface area (Å²) in [4.78, 5) is 0.0485. The van der Waals surface area contributed by atoms with Gasteiger partial charge in [-0.15, -0.1) is 0 Å². The van der Waals surface area contributed by atoms with Crippen molar-refractivity contribution < 1.29 is 17.2 Å². The fourth-order valence-electron chi connectivity index (χ4n) is 1.67. The average molecular weight is 330 g/mol. The zero-order valence-corrected chi connectivity index (χ0v) is 12.3. The smallest absolute Gasteiger partial charge is 0.288 e. The maximum absolute atomic E-state index is 12.5. The lowest BCUT2D eigenvalue weighted by atomic mass is 10.3. The lowest BCUT2D eigenvalue weighted by molar-refractivity contribution is 0.252. The van der Waals surface area contributed by atoms with Crippen LogP contribution in [0.25, 0.3) is 0 Å². The molecular weight excluding hydrogens is 318 g/mol. The molecule has 4 nitrogen and oxygen atoms in total. The van der Waals surface area contributed by atoms with E-state index in [9.17, 15) is 17.2 Å². The van der Waals surface area contributed by atoms with Crippen LogP contribution < -0.4 is 10.5 Å². The minimum absolute atomic E-state index is 0.0870. The van der Waals surface area contributed by atoms with Gasteiger partial charge in [-0.3, -0.25) is 4.72 Å². The van der Waals surface area contributed by atoms with E-state index in [0.717, 1.165) is 0 Å². The molecule has 2 rings (SSSR count). The molecular formula is C13H12F2N2O2S2. The standard InChI is InChI=1S/C13H12F2N2O2S2/c14-13(15)20-11-7-3-2-6-10(11)17-21(18,19)12-8-4-1-5-9(12)16/h1-8,13,17H,16H2. The molecule has 0 aliphatic heterocycles. The van der Waals surface area contributed by atoms with Gasteiger partial charge in [-0.05, 0) is 24.3 Å². The van der Waals surface area contributed by atoms with E-state index >= 15 is 0 Å². The van der Waals surface area contributed by atoms with Crippen molar-refractivity contribution in [2.45, 2.75) is 15.5 Å². The zero-order chi connectivity index (χ0) is 15.5. The van der Waals surface area contributed by atoms with Gasteiger partial charge in [-0.1, -0.05) is 36.0 Å². The SMILES string of the molecule is Nc1ccccc1S(=O)(=O)Nc1ccccc1SC(F)F. The normalized spacial score (nSPS) is 11.6. The first-order valence-corrected chi connectivity index (χ1v) is 8.17. The van der Waals surface area contributed by atoms with E-state index in [4.69, 9.17) is 5.73 Å². The molecule has 2 aromatic rings. The number of alkyl halides is 2. The first-order valence-electron chi connectivity index (χ1n) is 5.81. The van der Waals surface area contributed by atoms with Gasteiger partial charge in [0.1, 0.15) is 4.90 Å². The Morgan fingerprint density at radius 2 is 1.67 bits per heavy atom. The Morgan fingerprint density at radius 1 is 1.05 bits per heavy atom. The molecule has 0 fully saturated rings. The van der Waals surface area contributed by atoms with Crippen LogP contribution in [0.5, 0.6) is 0 Å². The third-order valence-corrected chi connectivity index (χ3v) is 4.78. The highest BCUT2D eigenvalue weighted by atomic mass is 32.2. The monoisotopic (exact) mass is 330 g/mol. The number of nitrogens with two attached hydrogens (primary N) is 1. The van der Waals surface area contributed by atoms with Crippen LogP contribution in [0.15, 0.2) is 58.3 Å². The average Bonchev–Trinajstić information content (AvgIpc) is 2.40. The van der Waals surface area contributed by atoms with Crippen molar-refractivity contribution in [3.8, 4) is 0 Å². The van der Waals surface area contributed by atoms with Crippen LogP contribution in [0.2, 0.25) is 0 Å². The Kier molecular flexibility index (Phi) is 4.69. The van der Waals surface area contributed by atoms with Crippen LogP contribution in [0.3, 0.4) is 0 Å². The highest BCUT2D eigenvalue weighted by Gasteiger charge is 2.19. The number of nitrogen functional groups attached to an aromatic ring is 1. The number of halogens is 2. The molecule has 0 saturated heterocycles. The predicted octanol–water partition coefficient (Wildman–Crippen LogP) is 3.38. The molecule has 8 heteroatoms. The van der Waals surface area contributed by atoms with Crippen molar-refractivity contribution in [2.24, 2.45) is 0 Å². The van der Waals surface area contributed by atoms with Crippen LogP contribution in [-0.2, 0) is 10.0 Å². The Labute approximate surface area is 125 Å². The molecule has 0 unspecified atom stereocenters. The number of para-hydroxylation sites is 2. The number of thioether (sulfide) groups is 1. The van der Waals surface area contributed by atoms with Gasteiger partial charge in [0.15, 0.2) is 0 Å². The minimum Gasteiger partial charge on any atom is -0.398 e. The number of sulfonamides is 1. The summed E-state index contributed by atoms with van der Waals surface area (Å²) >= 11 is 0.274. The van der Waals surface area contributed by atoms with Crippen molar-refractivity contribution in [3.05, 3.63) is 48.5 Å². The van der Waals surface area contributed by atoms with Gasteiger partial charge in [0.05, 0.1) is 11.4 Å². The number of anilines is 2. The van der Waals surface area contributed by atoms with Gasteiger partial charge in [0, 0.05) is 4.90 Å². The number of rotatable bonds is 5. The van der Waals surface area contributed by atoms with E-state index in [1.54, 1.807) is 18.2 Å². The molecule has 21 heavy (non-hydrogen) atoms. The van der Waals surface area contributed by atoms with Crippen LogP contribution in [-0.4, -0.2) is 14.2 Å². The first kappa shape index (κ1) is 15.6. The third kappa shape index (κ3) is 3.85. The molecule has 0 radical (unpaired) electrons. The largest absolute Gasteiger partial charge is 0.398 e. The summed E-state index contributed by atoms with van der Waals surface area (Å²) in [6.07, 6.45) is 0. The number of hydrogen-bond donors (Lipinski definition) is 2. The molecule has 0 atom stereocenters. The van der Waals surface area contributed by atoms with Crippen LogP contribution in [0.4, 0.5) is 20.2 Å². The summed E-state index contributed by atoms with van der Waals surface area (Å²) in [5.41, 5.74) is 5.81. The van der Waals surface area contributed by atoms with E-state index in [1.807, 2.05) is 0 Å². The highest BCUT2D eigenvalue weighted by Crippen LogP contribution is 2.33. The molecule has 0 aliphatic carbocycles. The topological polar surface area (TPSA) is 72.2 Å². The Balaban J connectivity index is 2.36. The van der Waals surface area contributed by atoms with Gasteiger partial charge in [-0.25, -0.2) is 8.42 Å². The maximum Gasteiger partial charge on any atom is 0.288 e. The summed E-state index contributed by atoms with van der Waals surface area (Å²) < 4.78 is 51.8. The van der Waals surface area contributed by atoms with Gasteiger partial charge in [-0.2, -0.15) is 8.78 Å². The Morgan fingerprint density at radius 3 is 2.33 bits per heavy atom. The summed E-state index contributed by atoms with van der Waals surface area (Å²) in [5.74, 6) is -2.64. The zero-order valence-electron chi connectivity index (χ0n) is 10.7. The molecule has 2 aromatic carbocycles. The van der Waals surface area contributed by atoms with E-state index in [-0.39, 0.29) is 32.9 Å². The van der Waals surface area contributed by atoms with Crippen molar-refractivity contribution in [1.29, 1.82) is 0 Å². The predicted molar refractivity (Wildman–Crippen MR) is 80.0 cm³/mol. The molecule has 0 bridgehead atoms. The molecule has 112 valence electrons. The van der Waals surface area contributed by atoms with E-state index in [1.165, 1.54) is 30.3 Å². The quantitative estimate of drug-likeness (QED) is 0.651. The summed E-state index contributed by atoms with van der Waals surface area (Å²) in [7, 11) is -3.94. The molecule has 0 saturated carbocycles. The summed E-state index contributed by atoms with van der Waals surface area (Å²) in [5, 5.41) is 0. The maximum atomic E-state index is 12.5. The van der Waals surface area contributed by atoms with E-state index in [2.05, 4.69) is 4.72 Å². The minimum atomic E-state index is -3.94. The molecule has 0 aromatic heterocycles. The number of hydrogen-bond acceptors (Lipinski definition) is 4. The molecule has 0 heterocycles. The van der Waals surface area contributed by atoms with Crippen LogP contribution in [0, 0.1) is 0 Å². The fourth-order valence-corrected chi connectivity index (χ4v) is 3.55. The van der Waals surface area contributed by atoms with Crippen molar-refractivity contribution >= 4 is 33.2 Å². The van der Waals surface area contributed by atoms with Crippen molar-refractivity contribution in [2.75, 3.05) is 10.5 Å². The second-order valence-corrected chi connectivity index (χ2v) is 6.70. The molecule has 0 amide bonds. The van der Waals surface area contributed by atoms with Crippen LogP contribution >= 0.6 is 11.8 Å². The Bertz CT molecular complexity index is 736. The second kappa shape index (κ2) is 6.31. The van der Waals surface area contributed by atoms with E-state index in [0.29, 0.717) is 0 Å². The second-order valence-electron chi connectivity index (χ2n) is 4.02. The fraction of sp³-hybridized carbons (Fsp3) is 0.0769. The Hall–Kier alpha value is -1.80. The van der Waals surface area contributed by atoms with Gasteiger partial charge < -0.3 is 5.73 Å². The summed E-state index contributed by atoms with van der Waals surface area (Å²) in [6.45, 7) is 0. The van der Waals surface area contributed by atoms with Gasteiger partial charge in [0.2, 0.25) is 0 Å². The molecule has 0 spiro atoms. The van der Waals surface area contributed by atoms with E-state index < -0.39 is 15.8 Å². The molecule has 0 aliphatic rings. The third-order valence-electron chi connectivity index (χ3n) is 2.56. The first-order chi connectivity index (χ1) is 9.90. The van der Waals surface area contributed by atoms with Gasteiger partial charge in [0.25, 0.3) is 15.8 Å². The van der Waals surface area contributed by atoms with Gasteiger partial charge >= 0.3 is 0 Å². The number of benzene rings is 2. The van der Waals surface area contributed by atoms with Crippen molar-refractivity contribution in [1.82, 2.24) is 0 Å². The lowest BCUT2D eigenvalue weighted by Gasteiger charge is -2.13. The lowest BCUT2D eigenvalue weighted by Crippen LogP contribution is -2.15. The molecule has 3 N–H and O–H groups in total. The van der Waals surface area contributed by atoms with Crippen molar-refractivity contribution in [3.63, 3.8) is 0 Å². The number of nitrogens with one attached hydrogen (secondary N) is 1.